The number of aryl methyl sites for hydroxylation is 2. The number of halogens is 4. The van der Waals surface area contributed by atoms with Crippen LogP contribution < -0.4 is 0 Å². The molecular weight excluding hydrogens is 474 g/mol. The molecule has 0 aliphatic carbocycles. The summed E-state index contributed by atoms with van der Waals surface area (Å²) in [4.78, 5) is 31.2. The van der Waals surface area contributed by atoms with Crippen molar-refractivity contribution in [2.24, 2.45) is 0 Å². The molecule has 2 fully saturated rings. The van der Waals surface area contributed by atoms with Gasteiger partial charge in [-0.25, -0.2) is 9.18 Å². The van der Waals surface area contributed by atoms with E-state index in [0.717, 1.165) is 17.7 Å². The Balaban J connectivity index is 1.68. The van der Waals surface area contributed by atoms with Gasteiger partial charge in [0.05, 0.1) is 23.7 Å². The van der Waals surface area contributed by atoms with E-state index in [0.29, 0.717) is 42.5 Å². The van der Waals surface area contributed by atoms with Crippen LogP contribution in [-0.4, -0.2) is 52.8 Å². The number of hydrogen-bond donors (Lipinski definition) is 0. The highest BCUT2D eigenvalue weighted by molar-refractivity contribution is 5.81. The van der Waals surface area contributed by atoms with Crippen molar-refractivity contribution in [1.29, 1.82) is 0 Å². The SMILES string of the molecule is CCc1cc(C(C)N(C)C(=O)N2CCN3C(=O)CCC3C2c2ccc(F)cc2C)cc(C(F)(F)F)c1. The minimum atomic E-state index is -4.49. The highest BCUT2D eigenvalue weighted by Gasteiger charge is 2.46. The molecule has 4 rings (SSSR count). The fourth-order valence-corrected chi connectivity index (χ4v) is 5.42. The van der Waals surface area contributed by atoms with E-state index in [1.54, 1.807) is 49.8 Å². The molecule has 36 heavy (non-hydrogen) atoms. The third-order valence-electron chi connectivity index (χ3n) is 7.57. The number of nitrogens with zero attached hydrogens (tertiary/aromatic N) is 3. The van der Waals surface area contributed by atoms with E-state index in [1.807, 2.05) is 0 Å². The Hall–Kier alpha value is -3.10. The maximum absolute atomic E-state index is 13.9. The molecule has 2 aliphatic rings. The summed E-state index contributed by atoms with van der Waals surface area (Å²) < 4.78 is 54.4. The molecule has 2 heterocycles. The van der Waals surface area contributed by atoms with Gasteiger partial charge in [0, 0.05) is 26.6 Å². The monoisotopic (exact) mass is 505 g/mol. The van der Waals surface area contributed by atoms with Gasteiger partial charge < -0.3 is 14.7 Å². The third-order valence-corrected chi connectivity index (χ3v) is 7.57. The molecule has 0 bridgehead atoms. The van der Waals surface area contributed by atoms with Gasteiger partial charge >= 0.3 is 12.2 Å². The van der Waals surface area contributed by atoms with E-state index in [-0.39, 0.29) is 30.3 Å². The minimum absolute atomic E-state index is 0.0367. The second-order valence-corrected chi connectivity index (χ2v) is 9.72. The first-order chi connectivity index (χ1) is 16.9. The number of rotatable bonds is 4. The number of carbonyl (C=O) groups is 2. The van der Waals surface area contributed by atoms with Gasteiger partial charge in [0.25, 0.3) is 0 Å². The van der Waals surface area contributed by atoms with Gasteiger partial charge in [-0.2, -0.15) is 13.2 Å². The summed E-state index contributed by atoms with van der Waals surface area (Å²) in [6, 6.07) is 6.70. The predicted octanol–water partition coefficient (Wildman–Crippen LogP) is 5.88. The average molecular weight is 506 g/mol. The number of piperazine rings is 1. The van der Waals surface area contributed by atoms with Gasteiger partial charge in [-0.3, -0.25) is 4.79 Å². The molecule has 0 N–H and O–H groups in total. The minimum Gasteiger partial charge on any atom is -0.335 e. The van der Waals surface area contributed by atoms with Crippen LogP contribution in [0.3, 0.4) is 0 Å². The van der Waals surface area contributed by atoms with Crippen LogP contribution in [-0.2, 0) is 17.4 Å². The van der Waals surface area contributed by atoms with Crippen LogP contribution in [0, 0.1) is 12.7 Å². The zero-order chi connectivity index (χ0) is 26.4. The standard InChI is InChI=1S/C27H31F4N3O2/c1-5-18-13-19(15-20(14-18)27(29,30)31)17(3)32(4)26(36)34-11-10-33-23(8-9-24(33)35)25(34)22-7-6-21(28)12-16(22)2/h6-7,12-15,17,23,25H,5,8-11H2,1-4H3. The van der Waals surface area contributed by atoms with Gasteiger partial charge in [0.1, 0.15) is 5.82 Å². The van der Waals surface area contributed by atoms with Crippen LogP contribution in [0.25, 0.3) is 0 Å². The zero-order valence-corrected chi connectivity index (χ0v) is 20.9. The average Bonchev–Trinajstić information content (AvgIpc) is 3.22. The van der Waals surface area contributed by atoms with Crippen LogP contribution in [0.15, 0.2) is 36.4 Å². The summed E-state index contributed by atoms with van der Waals surface area (Å²) in [5.41, 5.74) is 1.66. The number of hydrogen-bond acceptors (Lipinski definition) is 2. The summed E-state index contributed by atoms with van der Waals surface area (Å²) in [7, 11) is 1.58. The van der Waals surface area contributed by atoms with Crippen molar-refractivity contribution in [3.63, 3.8) is 0 Å². The lowest BCUT2D eigenvalue weighted by molar-refractivity contribution is -0.137. The van der Waals surface area contributed by atoms with Gasteiger partial charge in [0.15, 0.2) is 0 Å². The van der Waals surface area contributed by atoms with Crippen molar-refractivity contribution in [2.45, 2.75) is 64.3 Å². The predicted molar refractivity (Wildman–Crippen MR) is 128 cm³/mol. The summed E-state index contributed by atoms with van der Waals surface area (Å²) in [6.45, 7) is 5.94. The van der Waals surface area contributed by atoms with Crippen LogP contribution >= 0.6 is 0 Å². The number of alkyl halides is 3. The molecule has 0 spiro atoms. The maximum Gasteiger partial charge on any atom is 0.416 e. The fraction of sp³-hybridized carbons (Fsp3) is 0.481. The molecule has 194 valence electrons. The van der Waals surface area contributed by atoms with Gasteiger partial charge in [-0.05, 0) is 73.2 Å². The van der Waals surface area contributed by atoms with Crippen molar-refractivity contribution >= 4 is 11.9 Å². The molecular formula is C27H31F4N3O2. The molecule has 0 saturated carbocycles. The van der Waals surface area contributed by atoms with E-state index >= 15 is 0 Å². The summed E-state index contributed by atoms with van der Waals surface area (Å²) in [5, 5.41) is 0. The first-order valence-electron chi connectivity index (χ1n) is 12.2. The van der Waals surface area contributed by atoms with Gasteiger partial charge in [-0.1, -0.05) is 19.1 Å². The van der Waals surface area contributed by atoms with E-state index in [1.165, 1.54) is 17.0 Å². The molecule has 0 radical (unpaired) electrons. The van der Waals surface area contributed by atoms with Crippen molar-refractivity contribution in [3.8, 4) is 0 Å². The maximum atomic E-state index is 13.9. The largest absolute Gasteiger partial charge is 0.416 e. The normalized spacial score (nSPS) is 20.9. The Labute approximate surface area is 208 Å². The summed E-state index contributed by atoms with van der Waals surface area (Å²) in [6.07, 6.45) is -3.08. The molecule has 9 heteroatoms. The lowest BCUT2D eigenvalue weighted by Gasteiger charge is -2.47. The number of carbonyl (C=O) groups excluding carboxylic acids is 2. The third kappa shape index (κ3) is 4.80. The second kappa shape index (κ2) is 9.75. The number of amides is 3. The fourth-order valence-electron chi connectivity index (χ4n) is 5.42. The summed E-state index contributed by atoms with van der Waals surface area (Å²) in [5.74, 6) is -0.346. The van der Waals surface area contributed by atoms with Crippen LogP contribution in [0.5, 0.6) is 0 Å². The Morgan fingerprint density at radius 2 is 1.89 bits per heavy atom. The first-order valence-corrected chi connectivity index (χ1v) is 12.2. The number of urea groups is 1. The highest BCUT2D eigenvalue weighted by Crippen LogP contribution is 2.40. The lowest BCUT2D eigenvalue weighted by Crippen LogP contribution is -2.57. The molecule has 3 atom stereocenters. The van der Waals surface area contributed by atoms with Crippen LogP contribution in [0.4, 0.5) is 22.4 Å². The van der Waals surface area contributed by atoms with Crippen LogP contribution in [0.1, 0.15) is 66.6 Å². The Morgan fingerprint density at radius 3 is 2.53 bits per heavy atom. The molecule has 0 aromatic heterocycles. The molecule has 2 saturated heterocycles. The van der Waals surface area contributed by atoms with Crippen molar-refractivity contribution in [3.05, 3.63) is 70.0 Å². The molecule has 2 aromatic carbocycles. The second-order valence-electron chi connectivity index (χ2n) is 9.72. The highest BCUT2D eigenvalue weighted by atomic mass is 19.4. The van der Waals surface area contributed by atoms with E-state index < -0.39 is 23.8 Å². The Bertz CT molecular complexity index is 1170. The van der Waals surface area contributed by atoms with E-state index in [4.69, 9.17) is 0 Å². The van der Waals surface area contributed by atoms with Crippen molar-refractivity contribution < 1.29 is 27.2 Å². The molecule has 3 unspecified atom stereocenters. The van der Waals surface area contributed by atoms with E-state index in [2.05, 4.69) is 0 Å². The number of benzene rings is 2. The topological polar surface area (TPSA) is 43.9 Å². The number of fused-ring (bicyclic) bond motifs is 1. The van der Waals surface area contributed by atoms with Crippen LogP contribution in [0.2, 0.25) is 0 Å². The molecule has 5 nitrogen and oxygen atoms in total. The zero-order valence-electron chi connectivity index (χ0n) is 20.9. The molecule has 2 aromatic rings. The van der Waals surface area contributed by atoms with Gasteiger partial charge in [-0.15, -0.1) is 0 Å². The molecule has 2 aliphatic heterocycles. The first kappa shape index (κ1) is 26.0. The van der Waals surface area contributed by atoms with Crippen molar-refractivity contribution in [2.75, 3.05) is 20.1 Å². The molecule has 3 amide bonds. The Morgan fingerprint density at radius 1 is 1.17 bits per heavy atom. The summed E-state index contributed by atoms with van der Waals surface area (Å²) >= 11 is 0. The lowest BCUT2D eigenvalue weighted by atomic mass is 9.90. The van der Waals surface area contributed by atoms with E-state index in [9.17, 15) is 27.2 Å². The van der Waals surface area contributed by atoms with Crippen molar-refractivity contribution in [1.82, 2.24) is 14.7 Å². The van der Waals surface area contributed by atoms with Gasteiger partial charge in [0.2, 0.25) is 5.91 Å². The Kier molecular flexibility index (Phi) is 7.03. The smallest absolute Gasteiger partial charge is 0.335 e. The quantitative estimate of drug-likeness (QED) is 0.488.